The third kappa shape index (κ3) is 3.99. The largest absolute Gasteiger partial charge is 0.381 e. The lowest BCUT2D eigenvalue weighted by Gasteiger charge is -2.20. The SMILES string of the molecule is CC(C)(CCl)C(=O)NCCC1CCOC1. The first kappa shape index (κ1) is 12.8. The summed E-state index contributed by atoms with van der Waals surface area (Å²) in [5, 5.41) is 2.92. The van der Waals surface area contributed by atoms with Gasteiger partial charge in [-0.3, -0.25) is 4.79 Å². The van der Waals surface area contributed by atoms with Crippen LogP contribution in [0.1, 0.15) is 26.7 Å². The molecule has 1 aliphatic rings. The van der Waals surface area contributed by atoms with E-state index in [-0.39, 0.29) is 5.91 Å². The zero-order valence-electron chi connectivity index (χ0n) is 9.51. The molecule has 1 N–H and O–H groups in total. The van der Waals surface area contributed by atoms with Crippen molar-refractivity contribution in [2.45, 2.75) is 26.7 Å². The Balaban J connectivity index is 2.16. The molecule has 1 atom stereocenters. The lowest BCUT2D eigenvalue weighted by Crippen LogP contribution is -2.39. The predicted octanol–water partition coefficient (Wildman–Crippen LogP) is 1.79. The topological polar surface area (TPSA) is 38.3 Å². The number of ether oxygens (including phenoxy) is 1. The molecule has 1 saturated heterocycles. The smallest absolute Gasteiger partial charge is 0.226 e. The van der Waals surface area contributed by atoms with Crippen LogP contribution in [0.2, 0.25) is 0 Å². The van der Waals surface area contributed by atoms with Gasteiger partial charge in [0.15, 0.2) is 0 Å². The normalized spacial score (nSPS) is 21.7. The van der Waals surface area contributed by atoms with E-state index in [2.05, 4.69) is 5.32 Å². The van der Waals surface area contributed by atoms with E-state index in [4.69, 9.17) is 16.3 Å². The molecule has 0 spiro atoms. The first-order valence-corrected chi connectivity index (χ1v) is 6.02. The summed E-state index contributed by atoms with van der Waals surface area (Å²) in [6.45, 7) is 6.15. The summed E-state index contributed by atoms with van der Waals surface area (Å²) < 4.78 is 5.27. The van der Waals surface area contributed by atoms with E-state index >= 15 is 0 Å². The monoisotopic (exact) mass is 233 g/mol. The third-order valence-corrected chi connectivity index (χ3v) is 3.48. The van der Waals surface area contributed by atoms with Crippen LogP contribution in [0.15, 0.2) is 0 Å². The highest BCUT2D eigenvalue weighted by molar-refractivity contribution is 6.19. The van der Waals surface area contributed by atoms with Crippen molar-refractivity contribution in [3.05, 3.63) is 0 Å². The molecule has 0 aromatic rings. The fourth-order valence-corrected chi connectivity index (χ4v) is 1.62. The molecule has 4 heteroatoms. The molecule has 0 aromatic heterocycles. The molecule has 3 nitrogen and oxygen atoms in total. The minimum Gasteiger partial charge on any atom is -0.381 e. The maximum absolute atomic E-state index is 11.6. The standard InChI is InChI=1S/C11H20ClNO2/c1-11(2,8-12)10(14)13-5-3-9-4-6-15-7-9/h9H,3-8H2,1-2H3,(H,13,14). The average molecular weight is 234 g/mol. The number of carbonyl (C=O) groups is 1. The minimum atomic E-state index is -0.465. The molecule has 0 aromatic carbocycles. The van der Waals surface area contributed by atoms with Gasteiger partial charge >= 0.3 is 0 Å². The second-order valence-electron chi connectivity index (χ2n) is 4.79. The van der Waals surface area contributed by atoms with Gasteiger partial charge in [0.1, 0.15) is 0 Å². The summed E-state index contributed by atoms with van der Waals surface area (Å²) in [5.41, 5.74) is -0.465. The van der Waals surface area contributed by atoms with Gasteiger partial charge in [0.2, 0.25) is 5.91 Å². The molecule has 1 aliphatic heterocycles. The fraction of sp³-hybridized carbons (Fsp3) is 0.909. The highest BCUT2D eigenvalue weighted by atomic mass is 35.5. The van der Waals surface area contributed by atoms with Crippen molar-refractivity contribution in [3.63, 3.8) is 0 Å². The summed E-state index contributed by atoms with van der Waals surface area (Å²) in [5.74, 6) is 1.01. The van der Waals surface area contributed by atoms with Crippen molar-refractivity contribution >= 4 is 17.5 Å². The molecular formula is C11H20ClNO2. The van der Waals surface area contributed by atoms with Crippen molar-refractivity contribution in [3.8, 4) is 0 Å². The van der Waals surface area contributed by atoms with Crippen molar-refractivity contribution in [1.82, 2.24) is 5.32 Å². The van der Waals surface area contributed by atoms with Gasteiger partial charge in [-0.2, -0.15) is 0 Å². The fourth-order valence-electron chi connectivity index (χ4n) is 1.50. The zero-order valence-corrected chi connectivity index (χ0v) is 10.3. The molecule has 15 heavy (non-hydrogen) atoms. The molecular weight excluding hydrogens is 214 g/mol. The van der Waals surface area contributed by atoms with Gasteiger partial charge in [0.05, 0.1) is 5.41 Å². The van der Waals surface area contributed by atoms with Gasteiger partial charge < -0.3 is 10.1 Å². The van der Waals surface area contributed by atoms with Crippen molar-refractivity contribution in [2.24, 2.45) is 11.3 Å². The van der Waals surface area contributed by atoms with Crippen molar-refractivity contribution in [2.75, 3.05) is 25.6 Å². The Labute approximate surface area is 96.5 Å². The van der Waals surface area contributed by atoms with Crippen LogP contribution >= 0.6 is 11.6 Å². The number of carbonyl (C=O) groups excluding carboxylic acids is 1. The van der Waals surface area contributed by atoms with Crippen LogP contribution in [0.4, 0.5) is 0 Å². The van der Waals surface area contributed by atoms with Gasteiger partial charge in [-0.15, -0.1) is 11.6 Å². The molecule has 0 radical (unpaired) electrons. The Bertz CT molecular complexity index is 213. The van der Waals surface area contributed by atoms with Crippen molar-refractivity contribution < 1.29 is 9.53 Å². The third-order valence-electron chi connectivity index (χ3n) is 2.81. The Hall–Kier alpha value is -0.280. The Morgan fingerprint density at radius 3 is 2.87 bits per heavy atom. The van der Waals surface area contributed by atoms with E-state index in [1.165, 1.54) is 0 Å². The van der Waals surface area contributed by atoms with Crippen LogP contribution in [0.25, 0.3) is 0 Å². The van der Waals surface area contributed by atoms with Gasteiger partial charge in [0, 0.05) is 25.6 Å². The van der Waals surface area contributed by atoms with E-state index in [1.54, 1.807) is 0 Å². The maximum Gasteiger partial charge on any atom is 0.226 e. The number of rotatable bonds is 5. The summed E-state index contributed by atoms with van der Waals surface area (Å²) >= 11 is 5.71. The Morgan fingerprint density at radius 1 is 1.60 bits per heavy atom. The highest BCUT2D eigenvalue weighted by Gasteiger charge is 2.26. The Morgan fingerprint density at radius 2 is 2.33 bits per heavy atom. The lowest BCUT2D eigenvalue weighted by atomic mass is 9.95. The number of hydrogen-bond donors (Lipinski definition) is 1. The number of hydrogen-bond acceptors (Lipinski definition) is 2. The predicted molar refractivity (Wildman–Crippen MR) is 61.1 cm³/mol. The van der Waals surface area contributed by atoms with E-state index < -0.39 is 5.41 Å². The van der Waals surface area contributed by atoms with Crippen LogP contribution in [0.5, 0.6) is 0 Å². The number of amides is 1. The average Bonchev–Trinajstić information content (AvgIpc) is 2.70. The van der Waals surface area contributed by atoms with Crippen LogP contribution in [0.3, 0.4) is 0 Å². The van der Waals surface area contributed by atoms with Crippen molar-refractivity contribution in [1.29, 1.82) is 0 Å². The molecule has 1 heterocycles. The van der Waals surface area contributed by atoms with E-state index in [9.17, 15) is 4.79 Å². The first-order chi connectivity index (χ1) is 7.06. The van der Waals surface area contributed by atoms with Crippen LogP contribution in [-0.4, -0.2) is 31.5 Å². The summed E-state index contributed by atoms with van der Waals surface area (Å²) in [6, 6.07) is 0. The quantitative estimate of drug-likeness (QED) is 0.736. The molecule has 88 valence electrons. The van der Waals surface area contributed by atoms with Gasteiger partial charge in [-0.25, -0.2) is 0 Å². The maximum atomic E-state index is 11.6. The second kappa shape index (κ2) is 5.71. The number of alkyl halides is 1. The molecule has 1 fully saturated rings. The minimum absolute atomic E-state index is 0.0383. The molecule has 1 amide bonds. The second-order valence-corrected chi connectivity index (χ2v) is 5.06. The molecule has 0 saturated carbocycles. The zero-order chi connectivity index (χ0) is 11.3. The van der Waals surface area contributed by atoms with Gasteiger partial charge in [-0.1, -0.05) is 0 Å². The van der Waals surface area contributed by atoms with E-state index in [0.717, 1.165) is 32.6 Å². The van der Waals surface area contributed by atoms with E-state index in [1.807, 2.05) is 13.8 Å². The van der Waals surface area contributed by atoms with Crippen LogP contribution < -0.4 is 5.32 Å². The number of halogens is 1. The summed E-state index contributed by atoms with van der Waals surface area (Å²) in [6.07, 6.45) is 2.12. The summed E-state index contributed by atoms with van der Waals surface area (Å²) in [7, 11) is 0. The van der Waals surface area contributed by atoms with Crippen LogP contribution in [-0.2, 0) is 9.53 Å². The first-order valence-electron chi connectivity index (χ1n) is 5.48. The lowest BCUT2D eigenvalue weighted by molar-refractivity contribution is -0.128. The Kier molecular flexibility index (Phi) is 4.87. The molecule has 0 aliphatic carbocycles. The van der Waals surface area contributed by atoms with Gasteiger partial charge in [0.25, 0.3) is 0 Å². The number of nitrogens with one attached hydrogen (secondary N) is 1. The molecule has 1 unspecified atom stereocenters. The van der Waals surface area contributed by atoms with E-state index in [0.29, 0.717) is 11.8 Å². The van der Waals surface area contributed by atoms with Crippen LogP contribution in [0, 0.1) is 11.3 Å². The highest BCUT2D eigenvalue weighted by Crippen LogP contribution is 2.18. The molecule has 1 rings (SSSR count). The van der Waals surface area contributed by atoms with Gasteiger partial charge in [-0.05, 0) is 32.6 Å². The molecule has 0 bridgehead atoms. The summed E-state index contributed by atoms with van der Waals surface area (Å²) in [4.78, 5) is 11.6.